The third-order valence-electron chi connectivity index (χ3n) is 3.17. The molecule has 0 aromatic heterocycles. The lowest BCUT2D eigenvalue weighted by atomic mass is 10.2. The molecule has 1 fully saturated rings. The zero-order valence-corrected chi connectivity index (χ0v) is 10.9. The van der Waals surface area contributed by atoms with E-state index in [0.29, 0.717) is 13.0 Å². The highest BCUT2D eigenvalue weighted by Gasteiger charge is 2.35. The SMILES string of the molecule is COC(=O)C1CCCN1C(=O)OCc1ccccc1. The van der Waals surface area contributed by atoms with Crippen molar-refractivity contribution in [2.24, 2.45) is 0 Å². The van der Waals surface area contributed by atoms with Crippen LogP contribution in [0.4, 0.5) is 4.79 Å². The second kappa shape index (κ2) is 6.22. The van der Waals surface area contributed by atoms with Crippen molar-refractivity contribution in [3.8, 4) is 0 Å². The van der Waals surface area contributed by atoms with Crippen LogP contribution in [0.5, 0.6) is 0 Å². The fraction of sp³-hybridized carbons (Fsp3) is 0.429. The summed E-state index contributed by atoms with van der Waals surface area (Å²) in [6, 6.07) is 8.93. The number of likely N-dealkylation sites (tertiary alicyclic amines) is 1. The third kappa shape index (κ3) is 3.24. The molecule has 1 aliphatic rings. The molecule has 0 saturated carbocycles. The predicted octanol–water partition coefficient (Wildman–Crippen LogP) is 1.96. The number of methoxy groups -OCH3 is 1. The van der Waals surface area contributed by atoms with Gasteiger partial charge in [-0.1, -0.05) is 30.3 Å². The van der Waals surface area contributed by atoms with Crippen molar-refractivity contribution in [1.82, 2.24) is 4.90 Å². The Morgan fingerprint density at radius 2 is 2.05 bits per heavy atom. The van der Waals surface area contributed by atoms with Gasteiger partial charge in [-0.15, -0.1) is 0 Å². The molecule has 0 radical (unpaired) electrons. The molecular formula is C14H17NO4. The van der Waals surface area contributed by atoms with Crippen LogP contribution >= 0.6 is 0 Å². The molecule has 1 saturated heterocycles. The molecule has 0 aliphatic carbocycles. The second-order valence-electron chi connectivity index (χ2n) is 4.41. The first-order valence-electron chi connectivity index (χ1n) is 6.27. The second-order valence-corrected chi connectivity index (χ2v) is 4.41. The highest BCUT2D eigenvalue weighted by molar-refractivity contribution is 5.82. The minimum absolute atomic E-state index is 0.212. The summed E-state index contributed by atoms with van der Waals surface area (Å²) >= 11 is 0. The summed E-state index contributed by atoms with van der Waals surface area (Å²) in [4.78, 5) is 24.9. The van der Waals surface area contributed by atoms with Gasteiger partial charge in [0.2, 0.25) is 0 Å². The lowest BCUT2D eigenvalue weighted by molar-refractivity contribution is -0.145. The Morgan fingerprint density at radius 3 is 2.74 bits per heavy atom. The molecule has 1 aromatic rings. The lowest BCUT2D eigenvalue weighted by Crippen LogP contribution is -2.41. The van der Waals surface area contributed by atoms with Crippen molar-refractivity contribution in [2.45, 2.75) is 25.5 Å². The van der Waals surface area contributed by atoms with Crippen molar-refractivity contribution in [2.75, 3.05) is 13.7 Å². The number of amides is 1. The minimum Gasteiger partial charge on any atom is -0.467 e. The van der Waals surface area contributed by atoms with E-state index < -0.39 is 12.1 Å². The van der Waals surface area contributed by atoms with E-state index >= 15 is 0 Å². The van der Waals surface area contributed by atoms with Crippen LogP contribution in [0, 0.1) is 0 Å². The van der Waals surface area contributed by atoms with Gasteiger partial charge in [0.1, 0.15) is 12.6 Å². The average molecular weight is 263 g/mol. The lowest BCUT2D eigenvalue weighted by Gasteiger charge is -2.21. The summed E-state index contributed by atoms with van der Waals surface area (Å²) in [6.45, 7) is 0.747. The van der Waals surface area contributed by atoms with Gasteiger partial charge in [0.25, 0.3) is 0 Å². The van der Waals surface area contributed by atoms with E-state index in [4.69, 9.17) is 4.74 Å². The van der Waals surface area contributed by atoms with Gasteiger partial charge in [-0.25, -0.2) is 9.59 Å². The number of carbonyl (C=O) groups is 2. The highest BCUT2D eigenvalue weighted by Crippen LogP contribution is 2.19. The van der Waals surface area contributed by atoms with Gasteiger partial charge in [0, 0.05) is 6.54 Å². The van der Waals surface area contributed by atoms with E-state index in [1.54, 1.807) is 0 Å². The molecule has 1 unspecified atom stereocenters. The Hall–Kier alpha value is -2.04. The molecule has 19 heavy (non-hydrogen) atoms. The number of benzene rings is 1. The van der Waals surface area contributed by atoms with E-state index in [0.717, 1.165) is 12.0 Å². The molecule has 1 amide bonds. The van der Waals surface area contributed by atoms with E-state index in [9.17, 15) is 9.59 Å². The van der Waals surface area contributed by atoms with Crippen molar-refractivity contribution < 1.29 is 19.1 Å². The molecule has 0 N–H and O–H groups in total. The maximum atomic E-state index is 11.9. The summed E-state index contributed by atoms with van der Waals surface area (Å²) in [6.07, 6.45) is 0.963. The largest absolute Gasteiger partial charge is 0.467 e. The first-order valence-corrected chi connectivity index (χ1v) is 6.27. The van der Waals surface area contributed by atoms with Crippen molar-refractivity contribution >= 4 is 12.1 Å². The molecule has 0 spiro atoms. The summed E-state index contributed by atoms with van der Waals surface area (Å²) < 4.78 is 9.91. The Labute approximate surface area is 112 Å². The fourth-order valence-electron chi connectivity index (χ4n) is 2.17. The van der Waals surface area contributed by atoms with Crippen molar-refractivity contribution in [1.29, 1.82) is 0 Å². The van der Waals surface area contributed by atoms with Gasteiger partial charge in [-0.2, -0.15) is 0 Å². The summed E-state index contributed by atoms with van der Waals surface area (Å²) in [5, 5.41) is 0. The third-order valence-corrected chi connectivity index (χ3v) is 3.17. The normalized spacial score (nSPS) is 18.2. The smallest absolute Gasteiger partial charge is 0.410 e. The van der Waals surface area contributed by atoms with Crippen LogP contribution in [-0.2, 0) is 20.9 Å². The Kier molecular flexibility index (Phi) is 4.39. The van der Waals surface area contributed by atoms with E-state index in [2.05, 4.69) is 4.74 Å². The number of hydrogen-bond donors (Lipinski definition) is 0. The van der Waals surface area contributed by atoms with Crippen LogP contribution in [0.3, 0.4) is 0 Å². The van der Waals surface area contributed by atoms with E-state index in [1.165, 1.54) is 12.0 Å². The van der Waals surface area contributed by atoms with Crippen molar-refractivity contribution in [3.63, 3.8) is 0 Å². The Balaban J connectivity index is 1.90. The number of carbonyl (C=O) groups excluding carboxylic acids is 2. The number of ether oxygens (including phenoxy) is 2. The van der Waals surface area contributed by atoms with Crippen LogP contribution in [-0.4, -0.2) is 36.7 Å². The zero-order chi connectivity index (χ0) is 13.7. The number of nitrogens with zero attached hydrogens (tertiary/aromatic N) is 1. The molecule has 5 heteroatoms. The van der Waals surface area contributed by atoms with Crippen molar-refractivity contribution in [3.05, 3.63) is 35.9 Å². The van der Waals surface area contributed by atoms with Gasteiger partial charge in [-0.3, -0.25) is 4.90 Å². The van der Waals surface area contributed by atoms with Crippen LogP contribution in [0.2, 0.25) is 0 Å². The Bertz CT molecular complexity index is 446. The standard InChI is InChI=1S/C14H17NO4/c1-18-13(16)12-8-5-9-15(12)14(17)19-10-11-6-3-2-4-7-11/h2-4,6-7,12H,5,8-10H2,1H3. The van der Waals surface area contributed by atoms with Crippen LogP contribution in [0.15, 0.2) is 30.3 Å². The topological polar surface area (TPSA) is 55.8 Å². The fourth-order valence-corrected chi connectivity index (χ4v) is 2.17. The first-order chi connectivity index (χ1) is 9.22. The number of rotatable bonds is 3. The molecule has 1 aromatic carbocycles. The molecule has 5 nitrogen and oxygen atoms in total. The number of esters is 1. The average Bonchev–Trinajstić information content (AvgIpc) is 2.94. The number of hydrogen-bond acceptors (Lipinski definition) is 4. The quantitative estimate of drug-likeness (QED) is 0.782. The Morgan fingerprint density at radius 1 is 1.32 bits per heavy atom. The molecule has 2 rings (SSSR count). The van der Waals surface area contributed by atoms with Gasteiger partial charge < -0.3 is 9.47 Å². The summed E-state index contributed by atoms with van der Waals surface area (Å²) in [5.41, 5.74) is 0.921. The monoisotopic (exact) mass is 263 g/mol. The molecule has 1 atom stereocenters. The first kappa shape index (κ1) is 13.4. The molecular weight excluding hydrogens is 246 g/mol. The van der Waals surface area contributed by atoms with Crippen LogP contribution < -0.4 is 0 Å². The molecule has 0 bridgehead atoms. The van der Waals surface area contributed by atoms with Gasteiger partial charge in [-0.05, 0) is 18.4 Å². The molecule has 102 valence electrons. The maximum absolute atomic E-state index is 11.9. The van der Waals surface area contributed by atoms with Gasteiger partial charge in [0.15, 0.2) is 0 Å². The maximum Gasteiger partial charge on any atom is 0.410 e. The zero-order valence-electron chi connectivity index (χ0n) is 10.9. The minimum atomic E-state index is -0.506. The molecule has 1 aliphatic heterocycles. The van der Waals surface area contributed by atoms with Gasteiger partial charge >= 0.3 is 12.1 Å². The van der Waals surface area contributed by atoms with E-state index in [-0.39, 0.29) is 12.6 Å². The summed E-state index contributed by atoms with van der Waals surface area (Å²) in [5.74, 6) is -0.380. The highest BCUT2D eigenvalue weighted by atomic mass is 16.6. The predicted molar refractivity (Wildman–Crippen MR) is 68.4 cm³/mol. The molecule has 1 heterocycles. The van der Waals surface area contributed by atoms with Crippen LogP contribution in [0.1, 0.15) is 18.4 Å². The van der Waals surface area contributed by atoms with Crippen LogP contribution in [0.25, 0.3) is 0 Å². The van der Waals surface area contributed by atoms with Gasteiger partial charge in [0.05, 0.1) is 7.11 Å². The van der Waals surface area contributed by atoms with E-state index in [1.807, 2.05) is 30.3 Å². The summed E-state index contributed by atoms with van der Waals surface area (Å²) in [7, 11) is 1.33.